The fraction of sp³-hybridized carbons (Fsp3) is 0.167. The van der Waals surface area contributed by atoms with Crippen LogP contribution >= 0.6 is 11.6 Å². The third kappa shape index (κ3) is 3.21. The van der Waals surface area contributed by atoms with E-state index in [4.69, 9.17) is 11.6 Å². The van der Waals surface area contributed by atoms with Crippen LogP contribution in [-0.4, -0.2) is 34.7 Å². The second-order valence-corrected chi connectivity index (χ2v) is 6.55. The maximum atomic E-state index is 12.6. The van der Waals surface area contributed by atoms with Gasteiger partial charge in [0.15, 0.2) is 0 Å². The summed E-state index contributed by atoms with van der Waals surface area (Å²) in [5.74, 6) is -0.256. The van der Waals surface area contributed by atoms with Crippen molar-refractivity contribution in [2.75, 3.05) is 6.54 Å². The molecule has 0 spiro atoms. The van der Waals surface area contributed by atoms with Crippen molar-refractivity contribution >= 4 is 34.4 Å². The standard InChI is InChI=1S/C18H16ClN5O2/c19-13-5-3-10(4-6-13)16(23-17(25)15-9-20-18(26)22-15)11-1-2-12-8-21-24-14(12)7-11/h1-8,15-16H,9H2,(H,21,24)(H,23,25)(H2,20,22,26)/t15?,16-/m1/s1. The van der Waals surface area contributed by atoms with Gasteiger partial charge in [-0.05, 0) is 29.3 Å². The molecule has 0 bridgehead atoms. The SMILES string of the molecule is O=C1NCC(C(=O)N[C@H](c2ccc(Cl)cc2)c2ccc3cn[nH]c3c2)N1. The molecule has 4 rings (SSSR count). The molecular weight excluding hydrogens is 354 g/mol. The van der Waals surface area contributed by atoms with E-state index in [-0.39, 0.29) is 24.5 Å². The molecule has 1 aliphatic rings. The van der Waals surface area contributed by atoms with Gasteiger partial charge in [0.1, 0.15) is 6.04 Å². The number of hydrogen-bond donors (Lipinski definition) is 4. The number of amides is 3. The van der Waals surface area contributed by atoms with Gasteiger partial charge in [0.2, 0.25) is 5.91 Å². The van der Waals surface area contributed by atoms with Crippen molar-refractivity contribution < 1.29 is 9.59 Å². The lowest BCUT2D eigenvalue weighted by molar-refractivity contribution is -0.122. The largest absolute Gasteiger partial charge is 0.343 e. The van der Waals surface area contributed by atoms with Gasteiger partial charge in [-0.3, -0.25) is 9.89 Å². The molecule has 3 amide bonds. The first-order valence-corrected chi connectivity index (χ1v) is 8.51. The molecule has 1 aromatic heterocycles. The quantitative estimate of drug-likeness (QED) is 0.566. The van der Waals surface area contributed by atoms with Crippen LogP contribution in [0.2, 0.25) is 5.02 Å². The summed E-state index contributed by atoms with van der Waals surface area (Å²) in [5, 5.41) is 16.8. The van der Waals surface area contributed by atoms with Gasteiger partial charge in [-0.25, -0.2) is 4.79 Å². The molecule has 8 heteroatoms. The summed E-state index contributed by atoms with van der Waals surface area (Å²) < 4.78 is 0. The number of hydrogen-bond acceptors (Lipinski definition) is 3. The minimum Gasteiger partial charge on any atom is -0.343 e. The lowest BCUT2D eigenvalue weighted by atomic mass is 9.97. The van der Waals surface area contributed by atoms with Gasteiger partial charge >= 0.3 is 6.03 Å². The number of H-pyrrole nitrogens is 1. The summed E-state index contributed by atoms with van der Waals surface area (Å²) in [6, 6.07) is 11.8. The molecule has 0 aliphatic carbocycles. The minimum atomic E-state index is -0.604. The maximum absolute atomic E-state index is 12.6. The molecular formula is C18H16ClN5O2. The molecule has 3 aromatic rings. The minimum absolute atomic E-state index is 0.256. The Morgan fingerprint density at radius 1 is 1.19 bits per heavy atom. The van der Waals surface area contributed by atoms with Crippen LogP contribution in [0.4, 0.5) is 4.79 Å². The fourth-order valence-corrected chi connectivity index (χ4v) is 3.13. The molecule has 2 aromatic carbocycles. The molecule has 7 nitrogen and oxygen atoms in total. The van der Waals surface area contributed by atoms with Gasteiger partial charge in [-0.1, -0.05) is 35.9 Å². The number of rotatable bonds is 4. The smallest absolute Gasteiger partial charge is 0.315 e. The normalized spacial score (nSPS) is 17.6. The van der Waals surface area contributed by atoms with E-state index in [0.717, 1.165) is 22.0 Å². The number of carbonyl (C=O) groups is 2. The van der Waals surface area contributed by atoms with Crippen LogP contribution in [0.3, 0.4) is 0 Å². The number of urea groups is 1. The average molecular weight is 370 g/mol. The number of fused-ring (bicyclic) bond motifs is 1. The van der Waals surface area contributed by atoms with Crippen molar-refractivity contribution in [1.29, 1.82) is 0 Å². The fourth-order valence-electron chi connectivity index (χ4n) is 3.00. The number of carbonyl (C=O) groups excluding carboxylic acids is 2. The predicted octanol–water partition coefficient (Wildman–Crippen LogP) is 2.10. The molecule has 0 radical (unpaired) electrons. The lowest BCUT2D eigenvalue weighted by Crippen LogP contribution is -2.44. The molecule has 1 saturated heterocycles. The van der Waals surface area contributed by atoms with Crippen LogP contribution in [0, 0.1) is 0 Å². The van der Waals surface area contributed by atoms with Crippen molar-refractivity contribution in [1.82, 2.24) is 26.1 Å². The van der Waals surface area contributed by atoms with Gasteiger partial charge < -0.3 is 16.0 Å². The molecule has 4 N–H and O–H groups in total. The van der Waals surface area contributed by atoms with Crippen LogP contribution in [0.5, 0.6) is 0 Å². The Labute approximate surface area is 154 Å². The second kappa shape index (κ2) is 6.68. The summed E-state index contributed by atoms with van der Waals surface area (Å²) in [6.07, 6.45) is 1.74. The van der Waals surface area contributed by atoms with E-state index in [1.165, 1.54) is 0 Å². The lowest BCUT2D eigenvalue weighted by Gasteiger charge is -2.22. The van der Waals surface area contributed by atoms with Crippen LogP contribution in [0.15, 0.2) is 48.7 Å². The summed E-state index contributed by atoms with van der Waals surface area (Å²) >= 11 is 5.99. The van der Waals surface area contributed by atoms with E-state index in [1.807, 2.05) is 30.3 Å². The number of halogens is 1. The molecule has 1 unspecified atom stereocenters. The number of nitrogens with one attached hydrogen (secondary N) is 4. The summed E-state index contributed by atoms with van der Waals surface area (Å²) in [4.78, 5) is 23.9. The zero-order valence-electron chi connectivity index (χ0n) is 13.6. The second-order valence-electron chi connectivity index (χ2n) is 6.12. The maximum Gasteiger partial charge on any atom is 0.315 e. The molecule has 2 heterocycles. The van der Waals surface area contributed by atoms with E-state index in [1.54, 1.807) is 18.3 Å². The highest BCUT2D eigenvalue weighted by Gasteiger charge is 2.29. The highest BCUT2D eigenvalue weighted by atomic mass is 35.5. The Hall–Kier alpha value is -3.06. The molecule has 1 aliphatic heterocycles. The van der Waals surface area contributed by atoms with E-state index >= 15 is 0 Å². The highest BCUT2D eigenvalue weighted by Crippen LogP contribution is 2.26. The first kappa shape index (κ1) is 16.4. The average Bonchev–Trinajstić information content (AvgIpc) is 3.28. The summed E-state index contributed by atoms with van der Waals surface area (Å²) in [5.41, 5.74) is 2.67. The van der Waals surface area contributed by atoms with Crippen LogP contribution in [0.25, 0.3) is 10.9 Å². The monoisotopic (exact) mass is 369 g/mol. The topological polar surface area (TPSA) is 98.9 Å². The van der Waals surface area contributed by atoms with Crippen molar-refractivity contribution in [3.63, 3.8) is 0 Å². The third-order valence-corrected chi connectivity index (χ3v) is 4.63. The van der Waals surface area contributed by atoms with Crippen LogP contribution in [-0.2, 0) is 4.79 Å². The van der Waals surface area contributed by atoms with Crippen molar-refractivity contribution in [2.45, 2.75) is 12.1 Å². The zero-order chi connectivity index (χ0) is 18.1. The number of benzene rings is 2. The van der Waals surface area contributed by atoms with Crippen molar-refractivity contribution in [2.24, 2.45) is 0 Å². The number of aromatic amines is 1. The van der Waals surface area contributed by atoms with Gasteiger partial charge in [-0.2, -0.15) is 5.10 Å². The Bertz CT molecular complexity index is 969. The Morgan fingerprint density at radius 3 is 2.69 bits per heavy atom. The number of nitrogens with zero attached hydrogens (tertiary/aromatic N) is 1. The Morgan fingerprint density at radius 2 is 1.96 bits per heavy atom. The van der Waals surface area contributed by atoms with Crippen LogP contribution < -0.4 is 16.0 Å². The summed E-state index contributed by atoms with van der Waals surface area (Å²) in [7, 11) is 0. The van der Waals surface area contributed by atoms with Gasteiger partial charge in [0.05, 0.1) is 17.8 Å². The predicted molar refractivity (Wildman–Crippen MR) is 97.9 cm³/mol. The Kier molecular flexibility index (Phi) is 4.22. The van der Waals surface area contributed by atoms with E-state index < -0.39 is 6.04 Å². The first-order valence-electron chi connectivity index (χ1n) is 8.13. The van der Waals surface area contributed by atoms with E-state index in [0.29, 0.717) is 5.02 Å². The van der Waals surface area contributed by atoms with E-state index in [2.05, 4.69) is 26.1 Å². The van der Waals surface area contributed by atoms with Gasteiger partial charge in [0.25, 0.3) is 0 Å². The van der Waals surface area contributed by atoms with Crippen molar-refractivity contribution in [3.05, 3.63) is 64.8 Å². The molecule has 0 saturated carbocycles. The van der Waals surface area contributed by atoms with Gasteiger partial charge in [0, 0.05) is 17.0 Å². The highest BCUT2D eigenvalue weighted by molar-refractivity contribution is 6.30. The van der Waals surface area contributed by atoms with E-state index in [9.17, 15) is 9.59 Å². The third-order valence-electron chi connectivity index (χ3n) is 4.38. The molecule has 2 atom stereocenters. The van der Waals surface area contributed by atoms with Crippen LogP contribution in [0.1, 0.15) is 17.2 Å². The zero-order valence-corrected chi connectivity index (χ0v) is 14.4. The van der Waals surface area contributed by atoms with Gasteiger partial charge in [-0.15, -0.1) is 0 Å². The summed E-state index contributed by atoms with van der Waals surface area (Å²) in [6.45, 7) is 0.261. The first-order chi connectivity index (χ1) is 12.6. The molecule has 26 heavy (non-hydrogen) atoms. The Balaban J connectivity index is 1.67. The van der Waals surface area contributed by atoms with Crippen molar-refractivity contribution in [3.8, 4) is 0 Å². The molecule has 132 valence electrons. The molecule has 1 fully saturated rings. The number of aromatic nitrogens is 2.